The number of nitrogens with one attached hydrogen (secondary N) is 1. The van der Waals surface area contributed by atoms with E-state index < -0.39 is 5.60 Å². The molecular weight excluding hydrogens is 216 g/mol. The van der Waals surface area contributed by atoms with Gasteiger partial charge in [-0.25, -0.2) is 0 Å². The van der Waals surface area contributed by atoms with Crippen molar-refractivity contribution in [3.8, 4) is 0 Å². The minimum absolute atomic E-state index is 0.00238. The Bertz CT molecular complexity index is 325. The second-order valence-corrected chi connectivity index (χ2v) is 6.23. The smallest absolute Gasteiger partial charge is 0.225 e. The molecule has 3 aliphatic carbocycles. The van der Waals surface area contributed by atoms with Gasteiger partial charge in [-0.1, -0.05) is 0 Å². The minimum atomic E-state index is -0.628. The molecule has 0 spiro atoms. The number of carbonyl (C=O) groups is 1. The summed E-state index contributed by atoms with van der Waals surface area (Å²) >= 11 is 0. The zero-order valence-electron chi connectivity index (χ0n) is 10.2. The van der Waals surface area contributed by atoms with Crippen LogP contribution in [0.2, 0.25) is 0 Å². The van der Waals surface area contributed by atoms with E-state index in [1.807, 2.05) is 0 Å². The van der Waals surface area contributed by atoms with Crippen LogP contribution in [0.25, 0.3) is 0 Å². The third kappa shape index (κ3) is 1.87. The Kier molecular flexibility index (Phi) is 2.67. The number of aliphatic hydroxyl groups is 1. The molecule has 3 fully saturated rings. The molecule has 4 heteroatoms. The Morgan fingerprint density at radius 3 is 2.59 bits per heavy atom. The fourth-order valence-electron chi connectivity index (χ4n) is 3.86. The number of nitrogens with two attached hydrogens (primary N) is 1. The molecule has 0 radical (unpaired) electrons. The van der Waals surface area contributed by atoms with Crippen molar-refractivity contribution < 1.29 is 9.90 Å². The first kappa shape index (κ1) is 11.5. The molecule has 0 heterocycles. The molecule has 17 heavy (non-hydrogen) atoms. The first-order chi connectivity index (χ1) is 8.09. The molecule has 3 saturated carbocycles. The minimum Gasteiger partial charge on any atom is -0.388 e. The molecule has 0 aromatic rings. The molecule has 0 saturated heterocycles. The fraction of sp³-hybridized carbons (Fsp3) is 0.923. The maximum absolute atomic E-state index is 12.1. The number of rotatable bonds is 3. The number of hydrogen-bond acceptors (Lipinski definition) is 3. The summed E-state index contributed by atoms with van der Waals surface area (Å²) in [4.78, 5) is 12.1. The van der Waals surface area contributed by atoms with E-state index >= 15 is 0 Å². The number of carbonyl (C=O) groups excluding carboxylic acids is 1. The van der Waals surface area contributed by atoms with Crippen molar-refractivity contribution in [2.75, 3.05) is 6.54 Å². The lowest BCUT2D eigenvalue weighted by atomic mass is 9.79. The van der Waals surface area contributed by atoms with Gasteiger partial charge < -0.3 is 16.2 Å². The normalized spacial score (nSPS) is 42.2. The summed E-state index contributed by atoms with van der Waals surface area (Å²) in [5, 5.41) is 12.9. The first-order valence-electron chi connectivity index (χ1n) is 6.85. The average molecular weight is 238 g/mol. The molecule has 4 atom stereocenters. The largest absolute Gasteiger partial charge is 0.388 e. The predicted octanol–water partition coefficient (Wildman–Crippen LogP) is 0.391. The van der Waals surface area contributed by atoms with Gasteiger partial charge in [0.2, 0.25) is 5.91 Å². The van der Waals surface area contributed by atoms with Gasteiger partial charge in [-0.15, -0.1) is 0 Å². The van der Waals surface area contributed by atoms with Crippen LogP contribution in [0.5, 0.6) is 0 Å². The van der Waals surface area contributed by atoms with Gasteiger partial charge in [0.05, 0.1) is 11.5 Å². The summed E-state index contributed by atoms with van der Waals surface area (Å²) in [6, 6.07) is 0.0461. The number of amides is 1. The summed E-state index contributed by atoms with van der Waals surface area (Å²) in [5.74, 6) is 1.12. The fourth-order valence-corrected chi connectivity index (χ4v) is 3.86. The third-order valence-corrected chi connectivity index (χ3v) is 5.16. The van der Waals surface area contributed by atoms with Crippen molar-refractivity contribution in [3.63, 3.8) is 0 Å². The van der Waals surface area contributed by atoms with E-state index in [2.05, 4.69) is 5.32 Å². The zero-order chi connectivity index (χ0) is 12.0. The maximum atomic E-state index is 12.1. The lowest BCUT2D eigenvalue weighted by Gasteiger charge is -2.37. The lowest BCUT2D eigenvalue weighted by molar-refractivity contribution is -0.129. The van der Waals surface area contributed by atoms with Gasteiger partial charge in [0.15, 0.2) is 0 Å². The SMILES string of the molecule is NC1C2CCC(C2)C1C(=O)NCC1(O)CCC1. The van der Waals surface area contributed by atoms with Gasteiger partial charge >= 0.3 is 0 Å². The zero-order valence-corrected chi connectivity index (χ0v) is 10.2. The van der Waals surface area contributed by atoms with E-state index in [1.54, 1.807) is 0 Å². The van der Waals surface area contributed by atoms with Gasteiger partial charge in [-0.2, -0.15) is 0 Å². The second kappa shape index (κ2) is 3.95. The molecule has 0 aliphatic heterocycles. The molecule has 2 bridgehead atoms. The molecular formula is C13H22N2O2. The standard InChI is InChI=1S/C13H22N2O2/c14-11-9-3-2-8(6-9)10(11)12(16)15-7-13(17)4-1-5-13/h8-11,17H,1-7,14H2,(H,15,16). The van der Waals surface area contributed by atoms with Crippen LogP contribution in [-0.4, -0.2) is 29.2 Å². The van der Waals surface area contributed by atoms with Crippen LogP contribution in [0.1, 0.15) is 38.5 Å². The van der Waals surface area contributed by atoms with E-state index in [-0.39, 0.29) is 17.9 Å². The number of hydrogen-bond donors (Lipinski definition) is 3. The summed E-state index contributed by atoms with van der Waals surface area (Å²) in [6.07, 6.45) is 6.18. The molecule has 4 unspecified atom stereocenters. The highest BCUT2D eigenvalue weighted by atomic mass is 16.3. The van der Waals surface area contributed by atoms with Gasteiger partial charge in [0.1, 0.15) is 0 Å². The molecule has 96 valence electrons. The number of fused-ring (bicyclic) bond motifs is 2. The summed E-state index contributed by atoms with van der Waals surface area (Å²) < 4.78 is 0. The van der Waals surface area contributed by atoms with E-state index in [0.717, 1.165) is 32.1 Å². The predicted molar refractivity (Wildman–Crippen MR) is 64.1 cm³/mol. The third-order valence-electron chi connectivity index (χ3n) is 5.16. The Labute approximate surface area is 102 Å². The van der Waals surface area contributed by atoms with Gasteiger partial charge in [-0.05, 0) is 50.4 Å². The highest BCUT2D eigenvalue weighted by Gasteiger charge is 2.49. The topological polar surface area (TPSA) is 75.4 Å². The lowest BCUT2D eigenvalue weighted by Crippen LogP contribution is -2.52. The summed E-state index contributed by atoms with van der Waals surface area (Å²) in [7, 11) is 0. The molecule has 3 rings (SSSR count). The van der Waals surface area contributed by atoms with Crippen LogP contribution in [0.15, 0.2) is 0 Å². The molecule has 3 aliphatic rings. The van der Waals surface area contributed by atoms with Crippen molar-refractivity contribution in [1.29, 1.82) is 0 Å². The quantitative estimate of drug-likeness (QED) is 0.666. The van der Waals surface area contributed by atoms with Crippen molar-refractivity contribution in [2.45, 2.75) is 50.2 Å². The van der Waals surface area contributed by atoms with Gasteiger partial charge in [0.25, 0.3) is 0 Å². The van der Waals surface area contributed by atoms with Crippen LogP contribution in [0.4, 0.5) is 0 Å². The highest BCUT2D eigenvalue weighted by Crippen LogP contribution is 2.47. The average Bonchev–Trinajstić information content (AvgIpc) is 2.83. The van der Waals surface area contributed by atoms with E-state index in [4.69, 9.17) is 5.73 Å². The van der Waals surface area contributed by atoms with E-state index in [9.17, 15) is 9.90 Å². The maximum Gasteiger partial charge on any atom is 0.225 e. The Balaban J connectivity index is 1.56. The van der Waals surface area contributed by atoms with Crippen LogP contribution in [0.3, 0.4) is 0 Å². The molecule has 0 aromatic heterocycles. The summed E-state index contributed by atoms with van der Waals surface area (Å²) in [6.45, 7) is 0.409. The Hall–Kier alpha value is -0.610. The van der Waals surface area contributed by atoms with Crippen LogP contribution >= 0.6 is 0 Å². The highest BCUT2D eigenvalue weighted by molar-refractivity contribution is 5.80. The van der Waals surface area contributed by atoms with Crippen molar-refractivity contribution in [1.82, 2.24) is 5.32 Å². The Morgan fingerprint density at radius 2 is 2.06 bits per heavy atom. The van der Waals surface area contributed by atoms with Gasteiger partial charge in [0, 0.05) is 12.6 Å². The molecule has 0 aromatic carbocycles. The van der Waals surface area contributed by atoms with Crippen molar-refractivity contribution >= 4 is 5.91 Å². The second-order valence-electron chi connectivity index (χ2n) is 6.23. The van der Waals surface area contributed by atoms with Crippen molar-refractivity contribution in [2.24, 2.45) is 23.5 Å². The van der Waals surface area contributed by atoms with Gasteiger partial charge in [-0.3, -0.25) is 4.79 Å². The van der Waals surface area contributed by atoms with Crippen molar-refractivity contribution in [3.05, 3.63) is 0 Å². The molecule has 4 N–H and O–H groups in total. The Morgan fingerprint density at radius 1 is 1.35 bits per heavy atom. The van der Waals surface area contributed by atoms with Crippen LogP contribution in [0, 0.1) is 17.8 Å². The first-order valence-corrected chi connectivity index (χ1v) is 6.85. The monoisotopic (exact) mass is 238 g/mol. The van der Waals surface area contributed by atoms with Crippen LogP contribution < -0.4 is 11.1 Å². The van der Waals surface area contributed by atoms with E-state index in [1.165, 1.54) is 6.42 Å². The van der Waals surface area contributed by atoms with E-state index in [0.29, 0.717) is 18.4 Å². The van der Waals surface area contributed by atoms with Crippen LogP contribution in [-0.2, 0) is 4.79 Å². The summed E-state index contributed by atoms with van der Waals surface area (Å²) in [5.41, 5.74) is 5.50. The molecule has 1 amide bonds. The molecule has 4 nitrogen and oxygen atoms in total.